The molecule has 0 aromatic heterocycles. The van der Waals surface area contributed by atoms with Crippen LogP contribution in [0.15, 0.2) is 29.8 Å². The lowest BCUT2D eigenvalue weighted by molar-refractivity contribution is -0.147. The summed E-state index contributed by atoms with van der Waals surface area (Å²) >= 11 is 0. The van der Waals surface area contributed by atoms with Crippen molar-refractivity contribution in [1.29, 1.82) is 0 Å². The molecule has 1 aromatic carbocycles. The second kappa shape index (κ2) is 6.58. The quantitative estimate of drug-likeness (QED) is 0.368. The van der Waals surface area contributed by atoms with E-state index in [4.69, 9.17) is 14.9 Å². The minimum atomic E-state index is -1.35. The smallest absolute Gasteiger partial charge is 0.345 e. The van der Waals surface area contributed by atoms with Crippen LogP contribution in [0.3, 0.4) is 0 Å². The summed E-state index contributed by atoms with van der Waals surface area (Å²) in [7, 11) is 0. The van der Waals surface area contributed by atoms with Crippen LogP contribution in [-0.4, -0.2) is 28.3 Å². The van der Waals surface area contributed by atoms with Gasteiger partial charge in [-0.3, -0.25) is 0 Å². The van der Waals surface area contributed by atoms with E-state index in [-0.39, 0.29) is 11.9 Å². The Bertz CT molecular complexity index is 487. The van der Waals surface area contributed by atoms with Crippen LogP contribution in [-0.2, 0) is 14.3 Å². The molecule has 0 aliphatic heterocycles. The van der Waals surface area contributed by atoms with E-state index in [1.54, 1.807) is 6.92 Å². The fourth-order valence-electron chi connectivity index (χ4n) is 1.27. The molecule has 0 aliphatic rings. The van der Waals surface area contributed by atoms with Crippen LogP contribution in [0.25, 0.3) is 6.08 Å². The Morgan fingerprint density at radius 3 is 2.37 bits per heavy atom. The van der Waals surface area contributed by atoms with Crippen LogP contribution in [0.2, 0.25) is 0 Å². The van der Waals surface area contributed by atoms with Gasteiger partial charge >= 0.3 is 11.9 Å². The number of carboxylic acids is 1. The molecule has 5 heteroatoms. The molecule has 0 saturated carbocycles. The zero-order valence-electron chi connectivity index (χ0n) is 10.8. The molecule has 5 nitrogen and oxygen atoms in total. The van der Waals surface area contributed by atoms with Crippen LogP contribution in [0.5, 0.6) is 5.75 Å². The summed E-state index contributed by atoms with van der Waals surface area (Å²) in [5.74, 6) is -2.15. The Morgan fingerprint density at radius 2 is 1.89 bits per heavy atom. The summed E-state index contributed by atoms with van der Waals surface area (Å²) in [6.45, 7) is 3.53. The lowest BCUT2D eigenvalue weighted by atomic mass is 10.1. The maximum atomic E-state index is 11.7. The van der Waals surface area contributed by atoms with Crippen molar-refractivity contribution < 1.29 is 24.5 Å². The molecule has 0 radical (unpaired) electrons. The zero-order chi connectivity index (χ0) is 14.4. The molecule has 1 unspecified atom stereocenters. The van der Waals surface area contributed by atoms with Crippen molar-refractivity contribution >= 4 is 18.0 Å². The maximum Gasteiger partial charge on any atom is 0.345 e. The van der Waals surface area contributed by atoms with Crippen molar-refractivity contribution in [2.75, 3.05) is 0 Å². The molecular formula is C14H16O5. The predicted molar refractivity (Wildman–Crippen MR) is 69.6 cm³/mol. The Balaban J connectivity index is 2.97. The second-order valence-corrected chi connectivity index (χ2v) is 4.08. The van der Waals surface area contributed by atoms with Gasteiger partial charge in [0, 0.05) is 0 Å². The van der Waals surface area contributed by atoms with E-state index in [0.29, 0.717) is 12.0 Å². The molecule has 2 N–H and O–H groups in total. The standard InChI is InChI=1S/C14H16O5/c1-3-9(2)19-14(18)12(13(16)17)8-10-4-6-11(15)7-5-10/h4-9,15H,3H2,1-2H3,(H,16,17). The molecule has 0 aliphatic carbocycles. The fourth-order valence-corrected chi connectivity index (χ4v) is 1.27. The van der Waals surface area contributed by atoms with E-state index in [2.05, 4.69) is 0 Å². The van der Waals surface area contributed by atoms with Crippen LogP contribution < -0.4 is 0 Å². The van der Waals surface area contributed by atoms with Crippen molar-refractivity contribution in [2.45, 2.75) is 26.4 Å². The summed E-state index contributed by atoms with van der Waals surface area (Å²) in [5, 5.41) is 18.2. The molecular weight excluding hydrogens is 248 g/mol. The average molecular weight is 264 g/mol. The molecule has 0 spiro atoms. The summed E-state index contributed by atoms with van der Waals surface area (Å²) < 4.78 is 4.98. The van der Waals surface area contributed by atoms with E-state index < -0.39 is 17.5 Å². The van der Waals surface area contributed by atoms with Gasteiger partial charge in [-0.1, -0.05) is 19.1 Å². The normalized spacial score (nSPS) is 12.8. The molecule has 1 aromatic rings. The maximum absolute atomic E-state index is 11.7. The number of carbonyl (C=O) groups is 2. The number of carboxylic acid groups (broad SMARTS) is 1. The van der Waals surface area contributed by atoms with Gasteiger partial charge in [-0.2, -0.15) is 0 Å². The van der Waals surface area contributed by atoms with E-state index in [1.807, 2.05) is 6.92 Å². The Labute approximate surface area is 111 Å². The number of carbonyl (C=O) groups excluding carboxylic acids is 1. The van der Waals surface area contributed by atoms with Crippen molar-refractivity contribution in [3.05, 3.63) is 35.4 Å². The predicted octanol–water partition coefficient (Wildman–Crippen LogP) is 2.20. The second-order valence-electron chi connectivity index (χ2n) is 4.08. The molecule has 0 heterocycles. The minimum absolute atomic E-state index is 0.0659. The van der Waals surface area contributed by atoms with E-state index in [1.165, 1.54) is 30.3 Å². The van der Waals surface area contributed by atoms with Crippen molar-refractivity contribution in [3.8, 4) is 5.75 Å². The molecule has 0 saturated heterocycles. The Kier molecular flexibility index (Phi) is 5.11. The Morgan fingerprint density at radius 1 is 1.32 bits per heavy atom. The summed E-state index contributed by atoms with van der Waals surface area (Å²) in [4.78, 5) is 22.8. The molecule has 1 atom stereocenters. The highest BCUT2D eigenvalue weighted by atomic mass is 16.5. The van der Waals surface area contributed by atoms with Gasteiger partial charge in [0.25, 0.3) is 0 Å². The van der Waals surface area contributed by atoms with E-state index >= 15 is 0 Å². The van der Waals surface area contributed by atoms with Crippen LogP contribution in [0.1, 0.15) is 25.8 Å². The van der Waals surface area contributed by atoms with Crippen LogP contribution >= 0.6 is 0 Å². The van der Waals surface area contributed by atoms with Gasteiger partial charge in [0.2, 0.25) is 0 Å². The third-order valence-corrected chi connectivity index (χ3v) is 2.54. The topological polar surface area (TPSA) is 83.8 Å². The number of aromatic hydroxyl groups is 1. The van der Waals surface area contributed by atoms with Gasteiger partial charge in [-0.15, -0.1) is 0 Å². The van der Waals surface area contributed by atoms with Gasteiger partial charge in [0.1, 0.15) is 11.3 Å². The fraction of sp³-hybridized carbons (Fsp3) is 0.286. The monoisotopic (exact) mass is 264 g/mol. The van der Waals surface area contributed by atoms with Gasteiger partial charge in [-0.25, -0.2) is 9.59 Å². The number of esters is 1. The SMILES string of the molecule is CCC(C)OC(=O)C(=Cc1ccc(O)cc1)C(=O)O. The summed E-state index contributed by atoms with van der Waals surface area (Å²) in [6.07, 6.45) is 1.49. The number of rotatable bonds is 5. The minimum Gasteiger partial charge on any atom is -0.508 e. The molecule has 102 valence electrons. The van der Waals surface area contributed by atoms with Gasteiger partial charge < -0.3 is 14.9 Å². The number of phenolic OH excluding ortho intramolecular Hbond substituents is 1. The number of hydrogen-bond donors (Lipinski definition) is 2. The molecule has 0 fully saturated rings. The van der Waals surface area contributed by atoms with Gasteiger partial charge in [0.15, 0.2) is 0 Å². The van der Waals surface area contributed by atoms with Gasteiger partial charge in [0.05, 0.1) is 6.10 Å². The molecule has 0 bridgehead atoms. The number of ether oxygens (including phenoxy) is 1. The number of hydrogen-bond acceptors (Lipinski definition) is 4. The first-order valence-corrected chi connectivity index (χ1v) is 5.89. The lowest BCUT2D eigenvalue weighted by Crippen LogP contribution is -2.20. The van der Waals surface area contributed by atoms with Crippen molar-refractivity contribution in [1.82, 2.24) is 0 Å². The van der Waals surface area contributed by atoms with Crippen LogP contribution in [0.4, 0.5) is 0 Å². The number of aliphatic carboxylic acids is 1. The average Bonchev–Trinajstić information content (AvgIpc) is 2.37. The highest BCUT2D eigenvalue weighted by molar-refractivity contribution is 6.17. The highest BCUT2D eigenvalue weighted by Crippen LogP contribution is 2.14. The van der Waals surface area contributed by atoms with Gasteiger partial charge in [-0.05, 0) is 37.1 Å². The first-order valence-electron chi connectivity index (χ1n) is 5.89. The molecule has 1 rings (SSSR count). The largest absolute Gasteiger partial charge is 0.508 e. The zero-order valence-corrected chi connectivity index (χ0v) is 10.8. The summed E-state index contributed by atoms with van der Waals surface area (Å²) in [6, 6.07) is 5.83. The van der Waals surface area contributed by atoms with E-state index in [0.717, 1.165) is 0 Å². The van der Waals surface area contributed by atoms with Crippen molar-refractivity contribution in [3.63, 3.8) is 0 Å². The molecule has 19 heavy (non-hydrogen) atoms. The highest BCUT2D eigenvalue weighted by Gasteiger charge is 2.20. The third-order valence-electron chi connectivity index (χ3n) is 2.54. The first kappa shape index (κ1) is 14.8. The van der Waals surface area contributed by atoms with Crippen molar-refractivity contribution in [2.24, 2.45) is 0 Å². The van der Waals surface area contributed by atoms with E-state index in [9.17, 15) is 9.59 Å². The number of phenols is 1. The molecule has 0 amide bonds. The lowest BCUT2D eigenvalue weighted by Gasteiger charge is -2.10. The summed E-state index contributed by atoms with van der Waals surface area (Å²) in [5.41, 5.74) is 0.0577. The first-order chi connectivity index (χ1) is 8.93. The number of benzene rings is 1. The Hall–Kier alpha value is -2.30. The third kappa shape index (κ3) is 4.46. The van der Waals surface area contributed by atoms with Crippen LogP contribution in [0, 0.1) is 0 Å².